The number of benzene rings is 1. The molecule has 0 amide bonds. The van der Waals surface area contributed by atoms with Crippen molar-refractivity contribution in [2.75, 3.05) is 6.61 Å². The summed E-state index contributed by atoms with van der Waals surface area (Å²) in [6, 6.07) is 7.90. The Kier molecular flexibility index (Phi) is 5.84. The van der Waals surface area contributed by atoms with Crippen LogP contribution in [0.2, 0.25) is 0 Å². The fourth-order valence-corrected chi connectivity index (χ4v) is 1.64. The molecule has 0 spiro atoms. The van der Waals surface area contributed by atoms with Gasteiger partial charge in [0, 0.05) is 6.04 Å². The first-order valence-electron chi connectivity index (χ1n) is 6.27. The molecule has 96 valence electrons. The molecule has 0 heterocycles. The number of nitrogens with two attached hydrogens (primary N) is 1. The summed E-state index contributed by atoms with van der Waals surface area (Å²) in [7, 11) is 0. The molecule has 0 saturated heterocycles. The van der Waals surface area contributed by atoms with Crippen LogP contribution in [0.1, 0.15) is 33.6 Å². The van der Waals surface area contributed by atoms with E-state index in [4.69, 9.17) is 15.2 Å². The quantitative estimate of drug-likeness (QED) is 0.793. The minimum absolute atomic E-state index is 0.136. The van der Waals surface area contributed by atoms with Crippen LogP contribution in [-0.4, -0.2) is 18.8 Å². The van der Waals surface area contributed by atoms with E-state index in [0.29, 0.717) is 0 Å². The van der Waals surface area contributed by atoms with Crippen LogP contribution in [0.15, 0.2) is 24.3 Å². The third-order valence-corrected chi connectivity index (χ3v) is 2.34. The summed E-state index contributed by atoms with van der Waals surface area (Å²) in [6.07, 6.45) is 2.01. The molecule has 3 heteroatoms. The maximum atomic E-state index is 5.75. The van der Waals surface area contributed by atoms with E-state index >= 15 is 0 Å². The van der Waals surface area contributed by atoms with Crippen LogP contribution in [-0.2, 0) is 0 Å². The average Bonchev–Trinajstić information content (AvgIpc) is 2.27. The van der Waals surface area contributed by atoms with Crippen LogP contribution in [0.3, 0.4) is 0 Å². The molecule has 17 heavy (non-hydrogen) atoms. The van der Waals surface area contributed by atoms with Crippen LogP contribution in [0.4, 0.5) is 0 Å². The molecule has 0 aliphatic heterocycles. The lowest BCUT2D eigenvalue weighted by molar-refractivity contribution is 0.202. The summed E-state index contributed by atoms with van der Waals surface area (Å²) in [5.74, 6) is 1.75. The van der Waals surface area contributed by atoms with Crippen LogP contribution in [0.5, 0.6) is 11.5 Å². The SMILES string of the molecule is CCCOc1ccc(OC(C)CC(C)N)cc1. The maximum absolute atomic E-state index is 5.75. The van der Waals surface area contributed by atoms with Gasteiger partial charge in [-0.1, -0.05) is 6.92 Å². The van der Waals surface area contributed by atoms with Gasteiger partial charge >= 0.3 is 0 Å². The van der Waals surface area contributed by atoms with Crippen LogP contribution in [0, 0.1) is 0 Å². The Morgan fingerprint density at radius 2 is 1.71 bits per heavy atom. The zero-order valence-electron chi connectivity index (χ0n) is 11.0. The molecule has 0 bridgehead atoms. The molecule has 2 unspecified atom stereocenters. The average molecular weight is 237 g/mol. The molecular formula is C14H23NO2. The van der Waals surface area contributed by atoms with Gasteiger partial charge < -0.3 is 15.2 Å². The molecule has 2 N–H and O–H groups in total. The summed E-state index contributed by atoms with van der Waals surface area (Å²) < 4.78 is 11.3. The van der Waals surface area contributed by atoms with E-state index < -0.39 is 0 Å². The molecule has 0 saturated carbocycles. The van der Waals surface area contributed by atoms with Gasteiger partial charge in [-0.05, 0) is 51.0 Å². The van der Waals surface area contributed by atoms with Crippen LogP contribution >= 0.6 is 0 Å². The first-order valence-corrected chi connectivity index (χ1v) is 6.27. The lowest BCUT2D eigenvalue weighted by Gasteiger charge is -2.16. The summed E-state index contributed by atoms with van der Waals surface area (Å²) in [5, 5.41) is 0. The van der Waals surface area contributed by atoms with Crippen molar-refractivity contribution in [3.05, 3.63) is 24.3 Å². The van der Waals surface area contributed by atoms with E-state index in [1.807, 2.05) is 38.1 Å². The summed E-state index contributed by atoms with van der Waals surface area (Å²) in [4.78, 5) is 0. The van der Waals surface area contributed by atoms with Gasteiger partial charge in [0.15, 0.2) is 0 Å². The predicted molar refractivity (Wildman–Crippen MR) is 70.6 cm³/mol. The second-order valence-corrected chi connectivity index (χ2v) is 4.46. The topological polar surface area (TPSA) is 44.5 Å². The van der Waals surface area contributed by atoms with Gasteiger partial charge in [-0.2, -0.15) is 0 Å². The van der Waals surface area contributed by atoms with E-state index in [9.17, 15) is 0 Å². The number of hydrogen-bond donors (Lipinski definition) is 1. The Labute approximate surface area is 104 Å². The smallest absolute Gasteiger partial charge is 0.119 e. The van der Waals surface area contributed by atoms with Gasteiger partial charge in [-0.3, -0.25) is 0 Å². The van der Waals surface area contributed by atoms with Crippen molar-refractivity contribution < 1.29 is 9.47 Å². The minimum Gasteiger partial charge on any atom is -0.494 e. The Morgan fingerprint density at radius 3 is 2.24 bits per heavy atom. The monoisotopic (exact) mass is 237 g/mol. The van der Waals surface area contributed by atoms with Crippen molar-refractivity contribution in [3.63, 3.8) is 0 Å². The summed E-state index contributed by atoms with van der Waals surface area (Å²) >= 11 is 0. The Hall–Kier alpha value is -1.22. The molecule has 1 rings (SSSR count). The third-order valence-electron chi connectivity index (χ3n) is 2.34. The van der Waals surface area contributed by atoms with Crippen LogP contribution in [0.25, 0.3) is 0 Å². The van der Waals surface area contributed by atoms with E-state index in [1.54, 1.807) is 0 Å². The largest absolute Gasteiger partial charge is 0.494 e. The van der Waals surface area contributed by atoms with Crippen molar-refractivity contribution in [2.24, 2.45) is 5.73 Å². The van der Waals surface area contributed by atoms with Crippen LogP contribution < -0.4 is 15.2 Å². The number of rotatable bonds is 7. The van der Waals surface area contributed by atoms with Crippen molar-refractivity contribution in [1.82, 2.24) is 0 Å². The van der Waals surface area contributed by atoms with Gasteiger partial charge in [0.1, 0.15) is 11.5 Å². The van der Waals surface area contributed by atoms with E-state index in [2.05, 4.69) is 6.92 Å². The minimum atomic E-state index is 0.136. The van der Waals surface area contributed by atoms with Crippen molar-refractivity contribution in [3.8, 4) is 11.5 Å². The zero-order chi connectivity index (χ0) is 12.7. The highest BCUT2D eigenvalue weighted by molar-refractivity contribution is 5.31. The third kappa shape index (κ3) is 5.59. The highest BCUT2D eigenvalue weighted by Crippen LogP contribution is 2.19. The van der Waals surface area contributed by atoms with Crippen molar-refractivity contribution >= 4 is 0 Å². The normalized spacial score (nSPS) is 14.1. The zero-order valence-corrected chi connectivity index (χ0v) is 11.0. The first kappa shape index (κ1) is 13.8. The first-order chi connectivity index (χ1) is 8.11. The molecule has 2 atom stereocenters. The standard InChI is InChI=1S/C14H23NO2/c1-4-9-16-13-5-7-14(8-6-13)17-12(3)10-11(2)15/h5-8,11-12H,4,9-10,15H2,1-3H3. The van der Waals surface area contributed by atoms with Gasteiger partial charge in [0.25, 0.3) is 0 Å². The van der Waals surface area contributed by atoms with E-state index in [-0.39, 0.29) is 12.1 Å². The molecule has 1 aromatic carbocycles. The molecule has 0 radical (unpaired) electrons. The molecule has 0 aliphatic carbocycles. The number of ether oxygens (including phenoxy) is 2. The fourth-order valence-electron chi connectivity index (χ4n) is 1.64. The molecule has 0 aliphatic rings. The van der Waals surface area contributed by atoms with Gasteiger partial charge in [0.05, 0.1) is 12.7 Å². The highest BCUT2D eigenvalue weighted by Gasteiger charge is 2.06. The maximum Gasteiger partial charge on any atom is 0.119 e. The predicted octanol–water partition coefficient (Wildman–Crippen LogP) is 2.98. The molecule has 0 fully saturated rings. The van der Waals surface area contributed by atoms with Gasteiger partial charge in [-0.15, -0.1) is 0 Å². The van der Waals surface area contributed by atoms with Gasteiger partial charge in [0.2, 0.25) is 0 Å². The lowest BCUT2D eigenvalue weighted by Crippen LogP contribution is -2.24. The lowest BCUT2D eigenvalue weighted by atomic mass is 10.2. The van der Waals surface area contributed by atoms with Gasteiger partial charge in [-0.25, -0.2) is 0 Å². The second kappa shape index (κ2) is 7.17. The molecular weight excluding hydrogens is 214 g/mol. The Morgan fingerprint density at radius 1 is 1.12 bits per heavy atom. The second-order valence-electron chi connectivity index (χ2n) is 4.46. The Balaban J connectivity index is 2.44. The molecule has 1 aromatic rings. The summed E-state index contributed by atoms with van der Waals surface area (Å²) in [5.41, 5.74) is 5.73. The van der Waals surface area contributed by atoms with Crippen molar-refractivity contribution in [1.29, 1.82) is 0 Å². The molecule has 0 aromatic heterocycles. The van der Waals surface area contributed by atoms with Crippen molar-refractivity contribution in [2.45, 2.75) is 45.8 Å². The molecule has 3 nitrogen and oxygen atoms in total. The number of hydrogen-bond acceptors (Lipinski definition) is 3. The fraction of sp³-hybridized carbons (Fsp3) is 0.571. The Bertz CT molecular complexity index is 309. The van der Waals surface area contributed by atoms with E-state index in [0.717, 1.165) is 30.9 Å². The highest BCUT2D eigenvalue weighted by atomic mass is 16.5. The van der Waals surface area contributed by atoms with E-state index in [1.165, 1.54) is 0 Å². The summed E-state index contributed by atoms with van der Waals surface area (Å²) in [6.45, 7) is 6.86.